The average molecular weight is 439 g/mol. The summed E-state index contributed by atoms with van der Waals surface area (Å²) in [6.07, 6.45) is 8.35. The van der Waals surface area contributed by atoms with Crippen LogP contribution in [0.1, 0.15) is 48.0 Å². The second kappa shape index (κ2) is 20.8. The molecule has 0 unspecified atom stereocenters. The summed E-state index contributed by atoms with van der Waals surface area (Å²) in [6.45, 7) is 10.3. The monoisotopic (exact) mass is 439 g/mol. The Morgan fingerprint density at radius 3 is 1.29 bits per heavy atom. The molecule has 126 valence electrons. The fraction of sp³-hybridized carbons (Fsp3) is 0.750. The third-order valence-corrected chi connectivity index (χ3v) is 4.79. The second-order valence-corrected chi connectivity index (χ2v) is 11.8. The van der Waals surface area contributed by atoms with Crippen molar-refractivity contribution >= 4 is 14.3 Å². The van der Waals surface area contributed by atoms with Crippen molar-refractivity contribution < 1.29 is 41.5 Å². The molecule has 3 nitrogen and oxygen atoms in total. The minimum Gasteiger partial charge on any atom is 0 e. The maximum Gasteiger partial charge on any atom is 0 e. The quantitative estimate of drug-likeness (QED) is 0.435. The van der Waals surface area contributed by atoms with Crippen LogP contribution >= 0.6 is 0 Å². The standard InChI is InChI=1S/C7H11Ge.3C3H8O.Zr/c1-8(2)7-5-3-4-6-7;3*1-3(2)4;/h3,5,8H,4H2,1-2H3;3*3-4H,1-2H3;/q-1;;;;. The topological polar surface area (TPSA) is 60.7 Å². The van der Waals surface area contributed by atoms with Crippen LogP contribution in [0.5, 0.6) is 0 Å². The Bertz CT molecular complexity index is 227. The molecule has 0 saturated carbocycles. The van der Waals surface area contributed by atoms with Gasteiger partial charge in [0.05, 0.1) is 0 Å². The van der Waals surface area contributed by atoms with Gasteiger partial charge in [-0.3, -0.25) is 0 Å². The molecule has 0 aliphatic heterocycles. The van der Waals surface area contributed by atoms with Crippen LogP contribution in [0, 0.1) is 6.08 Å². The Hall–Kier alpha value is 0.786. The van der Waals surface area contributed by atoms with Gasteiger partial charge in [-0.2, -0.15) is 0 Å². The fourth-order valence-corrected chi connectivity index (χ4v) is 3.02. The van der Waals surface area contributed by atoms with Crippen LogP contribution in [0.4, 0.5) is 0 Å². The predicted octanol–water partition coefficient (Wildman–Crippen LogP) is 2.86. The number of hydrogen-bond acceptors (Lipinski definition) is 3. The van der Waals surface area contributed by atoms with E-state index in [-0.39, 0.29) is 44.5 Å². The van der Waals surface area contributed by atoms with Gasteiger partial charge in [0.1, 0.15) is 0 Å². The van der Waals surface area contributed by atoms with Gasteiger partial charge in [-0.25, -0.2) is 0 Å². The Morgan fingerprint density at radius 2 is 1.19 bits per heavy atom. The first-order chi connectivity index (χ1) is 9.00. The Labute approximate surface area is 155 Å². The SMILES string of the molecule is CC(C)O.CC(C)O.CC(C)O.[CH3][GeH]([CH3])[C]1=[C-]CC=C1.[Zr]. The van der Waals surface area contributed by atoms with Crippen molar-refractivity contribution in [3.8, 4) is 0 Å². The summed E-state index contributed by atoms with van der Waals surface area (Å²) in [5, 5.41) is 24.2. The first-order valence-electron chi connectivity index (χ1n) is 7.32. The number of rotatable bonds is 1. The Balaban J connectivity index is -0.0000000973. The number of allylic oxidation sites excluding steroid dienone is 4. The molecule has 21 heavy (non-hydrogen) atoms. The molecule has 0 spiro atoms. The number of hydrogen-bond donors (Lipinski definition) is 3. The molecule has 0 heterocycles. The van der Waals surface area contributed by atoms with Crippen LogP contribution in [0.25, 0.3) is 0 Å². The van der Waals surface area contributed by atoms with E-state index in [2.05, 4.69) is 29.7 Å². The van der Waals surface area contributed by atoms with Crippen molar-refractivity contribution in [2.24, 2.45) is 0 Å². The zero-order valence-electron chi connectivity index (χ0n) is 15.0. The predicted molar refractivity (Wildman–Crippen MR) is 91.5 cm³/mol. The molecule has 1 aliphatic rings. The summed E-state index contributed by atoms with van der Waals surface area (Å²) in [4.78, 5) is 0. The van der Waals surface area contributed by atoms with Gasteiger partial charge in [0.15, 0.2) is 0 Å². The summed E-state index contributed by atoms with van der Waals surface area (Å²) in [6, 6.07) is 0. The second-order valence-electron chi connectivity index (χ2n) is 5.67. The van der Waals surface area contributed by atoms with Crippen molar-refractivity contribution in [2.45, 2.75) is 77.8 Å². The first kappa shape index (κ1) is 29.8. The van der Waals surface area contributed by atoms with E-state index >= 15 is 0 Å². The molecule has 1 rings (SSSR count). The number of aliphatic hydroxyl groups is 3. The van der Waals surface area contributed by atoms with E-state index in [0.717, 1.165) is 6.42 Å². The van der Waals surface area contributed by atoms with Gasteiger partial charge in [0.2, 0.25) is 0 Å². The fourth-order valence-electron chi connectivity index (χ4n) is 0.818. The molecule has 0 aromatic heterocycles. The van der Waals surface area contributed by atoms with Crippen LogP contribution in [-0.2, 0) is 26.2 Å². The van der Waals surface area contributed by atoms with Crippen LogP contribution in [0.15, 0.2) is 16.6 Å². The Morgan fingerprint density at radius 1 is 0.905 bits per heavy atom. The van der Waals surface area contributed by atoms with Crippen molar-refractivity contribution in [3.63, 3.8) is 0 Å². The zero-order valence-corrected chi connectivity index (χ0v) is 19.9. The van der Waals surface area contributed by atoms with Crippen molar-refractivity contribution in [1.29, 1.82) is 0 Å². The largest absolute Gasteiger partial charge is 0 e. The van der Waals surface area contributed by atoms with Gasteiger partial charge in [-0.05, 0) is 41.5 Å². The molecule has 0 aromatic carbocycles. The molecule has 5 heteroatoms. The van der Waals surface area contributed by atoms with Gasteiger partial charge in [0, 0.05) is 44.5 Å². The van der Waals surface area contributed by atoms with Crippen molar-refractivity contribution in [1.82, 2.24) is 0 Å². The summed E-state index contributed by atoms with van der Waals surface area (Å²) in [7, 11) is 0. The third-order valence-electron chi connectivity index (χ3n) is 1.34. The van der Waals surface area contributed by atoms with Gasteiger partial charge in [-0.1, -0.05) is 0 Å². The van der Waals surface area contributed by atoms with Crippen LogP contribution in [0.3, 0.4) is 0 Å². The molecule has 1 aliphatic carbocycles. The summed E-state index contributed by atoms with van der Waals surface area (Å²) in [5.41, 5.74) is 0. The smallest absolute Gasteiger partial charge is 0 e. The summed E-state index contributed by atoms with van der Waals surface area (Å²) in [5.74, 6) is 4.76. The summed E-state index contributed by atoms with van der Waals surface area (Å²) < 4.78 is 1.55. The van der Waals surface area contributed by atoms with E-state index in [1.807, 2.05) is 0 Å². The van der Waals surface area contributed by atoms with Crippen molar-refractivity contribution in [3.05, 3.63) is 22.6 Å². The molecular formula is C16H35GeO3Zr-. The molecule has 0 amide bonds. The minimum atomic E-state index is -0.912. The molecule has 3 N–H and O–H groups in total. The van der Waals surface area contributed by atoms with Gasteiger partial charge in [-0.15, -0.1) is 0 Å². The maximum absolute atomic E-state index is 8.06. The number of aliphatic hydroxyl groups excluding tert-OH is 3. The van der Waals surface area contributed by atoms with E-state index in [4.69, 9.17) is 15.3 Å². The summed E-state index contributed by atoms with van der Waals surface area (Å²) >= 11 is -0.912. The zero-order chi connectivity index (χ0) is 16.7. The van der Waals surface area contributed by atoms with E-state index in [1.54, 1.807) is 45.9 Å². The van der Waals surface area contributed by atoms with Gasteiger partial charge < -0.3 is 15.3 Å². The maximum atomic E-state index is 8.06. The van der Waals surface area contributed by atoms with E-state index in [9.17, 15) is 0 Å². The molecule has 0 bridgehead atoms. The minimum absolute atomic E-state index is 0. The normalized spacial score (nSPS) is 11.9. The van der Waals surface area contributed by atoms with E-state index in [0.29, 0.717) is 0 Å². The van der Waals surface area contributed by atoms with Crippen molar-refractivity contribution in [2.75, 3.05) is 0 Å². The van der Waals surface area contributed by atoms with E-state index < -0.39 is 14.3 Å². The molecule has 0 saturated heterocycles. The molecule has 0 aromatic rings. The molecule has 0 radical (unpaired) electrons. The Kier molecular flexibility index (Phi) is 29.5. The van der Waals surface area contributed by atoms with Gasteiger partial charge >= 0.3 is 54.9 Å². The van der Waals surface area contributed by atoms with Gasteiger partial charge in [0.25, 0.3) is 0 Å². The van der Waals surface area contributed by atoms with Crippen LogP contribution < -0.4 is 0 Å². The van der Waals surface area contributed by atoms with Crippen LogP contribution in [0.2, 0.25) is 11.5 Å². The molecule has 0 fully saturated rings. The third kappa shape index (κ3) is 52.8. The average Bonchev–Trinajstić information content (AvgIpc) is 2.66. The molecular weight excluding hydrogens is 404 g/mol. The first-order valence-corrected chi connectivity index (χ1v) is 13.4. The molecule has 0 atom stereocenters. The van der Waals surface area contributed by atoms with E-state index in [1.165, 1.54) is 0 Å². The van der Waals surface area contributed by atoms with Crippen LogP contribution in [-0.4, -0.2) is 48.0 Å².